The monoisotopic (exact) mass is 244 g/mol. The summed E-state index contributed by atoms with van der Waals surface area (Å²) in [7, 11) is 1.66. The molecule has 0 heterocycles. The van der Waals surface area contributed by atoms with Crippen molar-refractivity contribution in [2.75, 3.05) is 12.4 Å². The first-order valence-electron chi connectivity index (χ1n) is 5.38. The van der Waals surface area contributed by atoms with E-state index in [1.807, 2.05) is 49.4 Å². The second kappa shape index (κ2) is 5.06. The average Bonchev–Trinajstić information content (AvgIpc) is 2.35. The van der Waals surface area contributed by atoms with E-state index in [0.29, 0.717) is 0 Å². The van der Waals surface area contributed by atoms with E-state index >= 15 is 0 Å². The Morgan fingerprint density at radius 1 is 1.06 bits per heavy atom. The Morgan fingerprint density at radius 2 is 1.76 bits per heavy atom. The normalized spacial score (nSPS) is 10.0. The number of anilines is 2. The summed E-state index contributed by atoms with van der Waals surface area (Å²) in [5.74, 6) is 0.846. The molecular weight excluding hydrogens is 230 g/mol. The van der Waals surface area contributed by atoms with Crippen LogP contribution < -0.4 is 10.1 Å². The average molecular weight is 244 g/mol. The van der Waals surface area contributed by atoms with E-state index in [1.165, 1.54) is 5.56 Å². The maximum atomic E-state index is 5.27. The quantitative estimate of drug-likeness (QED) is 0.869. The van der Waals surface area contributed by atoms with Crippen LogP contribution in [0.4, 0.5) is 11.4 Å². The van der Waals surface area contributed by atoms with Crippen molar-refractivity contribution in [1.29, 1.82) is 0 Å². The molecule has 1 N–H and O–H groups in total. The standard InChI is InChI=1S/C14H14NOS/c1-10-3-8-14(17)13(9-10)15-11-4-6-12(16-2)7-5-11/h3-9,15H,1-2H3. The van der Waals surface area contributed by atoms with E-state index in [-0.39, 0.29) is 0 Å². The zero-order valence-corrected chi connectivity index (χ0v) is 10.7. The van der Waals surface area contributed by atoms with Gasteiger partial charge >= 0.3 is 0 Å². The number of aryl methyl sites for hydroxylation is 1. The molecule has 0 atom stereocenters. The number of hydrogen-bond donors (Lipinski definition) is 1. The van der Waals surface area contributed by atoms with Gasteiger partial charge in [0.2, 0.25) is 0 Å². The van der Waals surface area contributed by atoms with Crippen LogP contribution in [0, 0.1) is 6.92 Å². The van der Waals surface area contributed by atoms with Crippen molar-refractivity contribution >= 4 is 24.0 Å². The van der Waals surface area contributed by atoms with Crippen LogP contribution in [0.3, 0.4) is 0 Å². The maximum absolute atomic E-state index is 5.27. The highest BCUT2D eigenvalue weighted by Gasteiger charge is 2.01. The van der Waals surface area contributed by atoms with E-state index in [1.54, 1.807) is 7.11 Å². The highest BCUT2D eigenvalue weighted by molar-refractivity contribution is 7.80. The zero-order chi connectivity index (χ0) is 12.3. The first-order valence-corrected chi connectivity index (χ1v) is 5.78. The Labute approximate surface area is 107 Å². The van der Waals surface area contributed by atoms with E-state index in [9.17, 15) is 0 Å². The van der Waals surface area contributed by atoms with Crippen molar-refractivity contribution in [3.05, 3.63) is 48.0 Å². The summed E-state index contributed by atoms with van der Waals surface area (Å²) in [6.45, 7) is 2.05. The molecule has 0 aliphatic carbocycles. The summed E-state index contributed by atoms with van der Waals surface area (Å²) in [6, 6.07) is 13.8. The molecule has 2 nitrogen and oxygen atoms in total. The fraction of sp³-hybridized carbons (Fsp3) is 0.143. The van der Waals surface area contributed by atoms with Crippen LogP contribution >= 0.6 is 12.6 Å². The SMILES string of the molecule is COc1ccc(Nc2cc(C)ccc2[S])cc1. The molecule has 17 heavy (non-hydrogen) atoms. The first kappa shape index (κ1) is 11.7. The van der Waals surface area contributed by atoms with Gasteiger partial charge in [0.05, 0.1) is 17.7 Å². The summed E-state index contributed by atoms with van der Waals surface area (Å²) >= 11 is 5.27. The Kier molecular flexibility index (Phi) is 3.49. The predicted octanol–water partition coefficient (Wildman–Crippen LogP) is 4.30. The molecule has 0 aliphatic heterocycles. The summed E-state index contributed by atoms with van der Waals surface area (Å²) in [4.78, 5) is 0.825. The molecular formula is C14H14NOS. The van der Waals surface area contributed by atoms with Crippen molar-refractivity contribution in [2.45, 2.75) is 11.8 Å². The van der Waals surface area contributed by atoms with E-state index in [4.69, 9.17) is 17.4 Å². The second-order valence-corrected chi connectivity index (χ2v) is 4.29. The van der Waals surface area contributed by atoms with Crippen LogP contribution in [-0.4, -0.2) is 7.11 Å². The van der Waals surface area contributed by atoms with E-state index < -0.39 is 0 Å². The Balaban J connectivity index is 2.22. The van der Waals surface area contributed by atoms with Gasteiger partial charge in [-0.3, -0.25) is 0 Å². The van der Waals surface area contributed by atoms with Crippen LogP contribution in [0.5, 0.6) is 5.75 Å². The third-order valence-electron chi connectivity index (χ3n) is 2.50. The van der Waals surface area contributed by atoms with Crippen LogP contribution in [0.2, 0.25) is 0 Å². The Bertz CT molecular complexity index is 508. The summed E-state index contributed by atoms with van der Waals surface area (Å²) in [5, 5.41) is 3.30. The van der Waals surface area contributed by atoms with E-state index in [2.05, 4.69) is 5.32 Å². The van der Waals surface area contributed by atoms with Gasteiger partial charge in [-0.05, 0) is 48.9 Å². The first-order chi connectivity index (χ1) is 8.19. The van der Waals surface area contributed by atoms with Gasteiger partial charge in [0, 0.05) is 5.69 Å². The molecule has 0 saturated heterocycles. The highest BCUT2D eigenvalue weighted by Crippen LogP contribution is 2.26. The van der Waals surface area contributed by atoms with Crippen molar-refractivity contribution in [2.24, 2.45) is 0 Å². The summed E-state index contributed by atoms with van der Waals surface area (Å²) in [6.07, 6.45) is 0. The van der Waals surface area contributed by atoms with Crippen molar-refractivity contribution in [3.63, 3.8) is 0 Å². The van der Waals surface area contributed by atoms with Crippen LogP contribution in [0.1, 0.15) is 5.56 Å². The lowest BCUT2D eigenvalue weighted by atomic mass is 10.2. The molecule has 0 aromatic heterocycles. The molecule has 0 unspecified atom stereocenters. The van der Waals surface area contributed by atoms with Gasteiger partial charge in [0.15, 0.2) is 0 Å². The largest absolute Gasteiger partial charge is 0.497 e. The van der Waals surface area contributed by atoms with Gasteiger partial charge in [0.1, 0.15) is 5.75 Å². The number of nitrogens with one attached hydrogen (secondary N) is 1. The minimum Gasteiger partial charge on any atom is -0.497 e. The molecule has 87 valence electrons. The molecule has 0 bridgehead atoms. The minimum atomic E-state index is 0.825. The lowest BCUT2D eigenvalue weighted by Gasteiger charge is -2.09. The number of methoxy groups -OCH3 is 1. The lowest BCUT2D eigenvalue weighted by molar-refractivity contribution is 0.415. The molecule has 0 fully saturated rings. The number of hydrogen-bond acceptors (Lipinski definition) is 2. The van der Waals surface area contributed by atoms with Crippen molar-refractivity contribution in [1.82, 2.24) is 0 Å². The van der Waals surface area contributed by atoms with Crippen LogP contribution in [0.25, 0.3) is 0 Å². The van der Waals surface area contributed by atoms with Gasteiger partial charge < -0.3 is 10.1 Å². The zero-order valence-electron chi connectivity index (χ0n) is 9.86. The number of rotatable bonds is 3. The molecule has 0 amide bonds. The molecule has 0 aliphatic rings. The smallest absolute Gasteiger partial charge is 0.119 e. The van der Waals surface area contributed by atoms with Gasteiger partial charge in [-0.25, -0.2) is 0 Å². The Hall–Kier alpha value is -1.74. The predicted molar refractivity (Wildman–Crippen MR) is 73.3 cm³/mol. The number of benzene rings is 2. The molecule has 2 aromatic rings. The molecule has 2 aromatic carbocycles. The third kappa shape index (κ3) is 2.88. The number of ether oxygens (including phenoxy) is 1. The van der Waals surface area contributed by atoms with Gasteiger partial charge in [0.25, 0.3) is 0 Å². The summed E-state index contributed by atoms with van der Waals surface area (Å²) in [5.41, 5.74) is 3.15. The summed E-state index contributed by atoms with van der Waals surface area (Å²) < 4.78 is 5.11. The van der Waals surface area contributed by atoms with E-state index in [0.717, 1.165) is 22.0 Å². The van der Waals surface area contributed by atoms with Crippen LogP contribution in [0.15, 0.2) is 47.4 Å². The van der Waals surface area contributed by atoms with Crippen molar-refractivity contribution < 1.29 is 4.74 Å². The minimum absolute atomic E-state index is 0.825. The van der Waals surface area contributed by atoms with Crippen LogP contribution in [-0.2, 0) is 0 Å². The fourth-order valence-corrected chi connectivity index (χ4v) is 1.75. The molecule has 0 spiro atoms. The van der Waals surface area contributed by atoms with Gasteiger partial charge in [-0.15, -0.1) is 0 Å². The molecule has 0 saturated carbocycles. The molecule has 3 heteroatoms. The lowest BCUT2D eigenvalue weighted by Crippen LogP contribution is -1.92. The highest BCUT2D eigenvalue weighted by atomic mass is 32.1. The topological polar surface area (TPSA) is 21.3 Å². The van der Waals surface area contributed by atoms with Crippen molar-refractivity contribution in [3.8, 4) is 5.75 Å². The molecule has 1 radical (unpaired) electrons. The third-order valence-corrected chi connectivity index (χ3v) is 2.86. The second-order valence-electron chi connectivity index (χ2n) is 3.85. The molecule has 2 rings (SSSR count). The van der Waals surface area contributed by atoms with Gasteiger partial charge in [-0.2, -0.15) is 0 Å². The fourth-order valence-electron chi connectivity index (χ4n) is 1.57. The Morgan fingerprint density at radius 3 is 2.41 bits per heavy atom. The maximum Gasteiger partial charge on any atom is 0.119 e. The van der Waals surface area contributed by atoms with Gasteiger partial charge in [-0.1, -0.05) is 18.7 Å².